The van der Waals surface area contributed by atoms with E-state index in [0.29, 0.717) is 11.1 Å². The zero-order chi connectivity index (χ0) is 39.9. The summed E-state index contributed by atoms with van der Waals surface area (Å²) in [6.07, 6.45) is 0. The second-order valence-electron chi connectivity index (χ2n) is 15.2. The van der Waals surface area contributed by atoms with Crippen LogP contribution in [0.2, 0.25) is 0 Å². The zero-order valence-corrected chi connectivity index (χ0v) is 31.9. The van der Waals surface area contributed by atoms with Gasteiger partial charge < -0.3 is 19.3 Å². The van der Waals surface area contributed by atoms with Crippen LogP contribution in [0.1, 0.15) is 11.1 Å². The summed E-state index contributed by atoms with van der Waals surface area (Å²) >= 11 is 0. The van der Waals surface area contributed by atoms with Crippen molar-refractivity contribution in [2.24, 2.45) is 0 Å². The molecule has 12 rings (SSSR count). The van der Waals surface area contributed by atoms with E-state index in [1.165, 1.54) is 0 Å². The maximum absolute atomic E-state index is 9.77. The first-order valence-electron chi connectivity index (χ1n) is 19.8. The van der Waals surface area contributed by atoms with Crippen LogP contribution >= 0.6 is 0 Å². The van der Waals surface area contributed by atoms with E-state index in [2.05, 4.69) is 82.6 Å². The molecule has 0 saturated heterocycles. The van der Waals surface area contributed by atoms with E-state index in [1.54, 1.807) is 0 Å². The number of nitriles is 2. The molecule has 10 aromatic carbocycles. The van der Waals surface area contributed by atoms with E-state index in [9.17, 15) is 10.5 Å². The lowest BCUT2D eigenvalue weighted by Gasteiger charge is -2.34. The second kappa shape index (κ2) is 13.0. The van der Waals surface area contributed by atoms with Gasteiger partial charge in [0.25, 0.3) is 0 Å². The van der Waals surface area contributed by atoms with Crippen LogP contribution in [0.3, 0.4) is 0 Å². The maximum atomic E-state index is 9.77. The number of para-hydroxylation sites is 8. The van der Waals surface area contributed by atoms with E-state index in [1.807, 2.05) is 121 Å². The van der Waals surface area contributed by atoms with Crippen LogP contribution in [0.5, 0.6) is 23.0 Å². The van der Waals surface area contributed by atoms with E-state index < -0.39 is 0 Å². The molecule has 0 saturated carbocycles. The Morgan fingerprint density at radius 3 is 1.03 bits per heavy atom. The van der Waals surface area contributed by atoms with Gasteiger partial charge in [0.2, 0.25) is 0 Å². The van der Waals surface area contributed by atoms with Crippen molar-refractivity contribution in [3.8, 4) is 57.4 Å². The SMILES string of the molecule is N#Cc1ccc(-c2cc3cc(N4c5ccccc5Oc5ccccc54)cc4c(-c5ccc(C#N)cc5)cc5cc(N6c7ccccc7Oc7ccccc76)cc2c5c34)cc1. The molecule has 0 bridgehead atoms. The highest BCUT2D eigenvalue weighted by Gasteiger charge is 2.29. The van der Waals surface area contributed by atoms with Crippen molar-refractivity contribution in [3.05, 3.63) is 193 Å². The number of ether oxygens (including phenoxy) is 2. The van der Waals surface area contributed by atoms with Gasteiger partial charge in [-0.05, 0) is 164 Å². The van der Waals surface area contributed by atoms with Crippen molar-refractivity contribution in [1.29, 1.82) is 10.5 Å². The molecule has 0 amide bonds. The summed E-state index contributed by atoms with van der Waals surface area (Å²) in [5.41, 5.74) is 11.1. The van der Waals surface area contributed by atoms with E-state index in [0.717, 1.165) is 112 Å². The van der Waals surface area contributed by atoms with Crippen LogP contribution in [0.4, 0.5) is 34.1 Å². The predicted octanol–water partition coefficient (Wildman–Crippen LogP) is 14.8. The number of benzene rings is 10. The quantitative estimate of drug-likeness (QED) is 0.166. The highest BCUT2D eigenvalue weighted by atomic mass is 16.5. The molecule has 2 aliphatic heterocycles. The fraction of sp³-hybridized carbons (Fsp3) is 0. The van der Waals surface area contributed by atoms with Crippen LogP contribution in [0.25, 0.3) is 54.6 Å². The number of rotatable bonds is 4. The minimum atomic E-state index is 0.608. The monoisotopic (exact) mass is 766 g/mol. The first-order chi connectivity index (χ1) is 29.6. The van der Waals surface area contributed by atoms with Crippen LogP contribution in [0, 0.1) is 22.7 Å². The lowest BCUT2D eigenvalue weighted by atomic mass is 9.84. The summed E-state index contributed by atoms with van der Waals surface area (Å²) < 4.78 is 12.9. The average molecular weight is 767 g/mol. The normalized spacial score (nSPS) is 12.5. The number of fused-ring (bicyclic) bond motifs is 4. The molecule has 0 fully saturated rings. The van der Waals surface area contributed by atoms with Crippen molar-refractivity contribution in [2.45, 2.75) is 0 Å². The fourth-order valence-electron chi connectivity index (χ4n) is 9.12. The third-order valence-corrected chi connectivity index (χ3v) is 11.8. The first kappa shape index (κ1) is 33.5. The topological polar surface area (TPSA) is 72.5 Å². The molecule has 0 spiro atoms. The lowest BCUT2D eigenvalue weighted by molar-refractivity contribution is 0.477. The van der Waals surface area contributed by atoms with Gasteiger partial charge in [0.15, 0.2) is 23.0 Å². The van der Waals surface area contributed by atoms with Gasteiger partial charge in [-0.3, -0.25) is 0 Å². The standard InChI is InChI=1S/C54H30N4O2/c55-31-33-17-21-35(22-18-33)41-28-38-26-40(58-47-11-3-7-15-51(47)60-52-16-8-4-12-48(52)58)30-44-42(36-23-19-34(32-56)20-24-36)27-37-25-39(29-43(41)53(37)54(38)44)57-45-9-1-5-13-49(45)59-50-14-6-2-10-46(50)57/h1-30H. The molecule has 60 heavy (non-hydrogen) atoms. The molecule has 0 atom stereocenters. The summed E-state index contributed by atoms with van der Waals surface area (Å²) in [5.74, 6) is 3.13. The Kier molecular flexibility index (Phi) is 7.26. The van der Waals surface area contributed by atoms with Gasteiger partial charge in [0, 0.05) is 11.4 Å². The molecule has 0 unspecified atom stereocenters. The molecule has 2 aliphatic rings. The van der Waals surface area contributed by atoms with Crippen molar-refractivity contribution < 1.29 is 9.47 Å². The second-order valence-corrected chi connectivity index (χ2v) is 15.2. The molecular weight excluding hydrogens is 737 g/mol. The molecule has 0 aliphatic carbocycles. The first-order valence-corrected chi connectivity index (χ1v) is 19.8. The molecular formula is C54H30N4O2. The predicted molar refractivity (Wildman–Crippen MR) is 240 cm³/mol. The third kappa shape index (κ3) is 5.05. The molecule has 2 heterocycles. The van der Waals surface area contributed by atoms with Crippen molar-refractivity contribution >= 4 is 66.4 Å². The van der Waals surface area contributed by atoms with Crippen molar-refractivity contribution in [3.63, 3.8) is 0 Å². The summed E-state index contributed by atoms with van der Waals surface area (Å²) in [4.78, 5) is 4.58. The van der Waals surface area contributed by atoms with E-state index in [4.69, 9.17) is 9.47 Å². The third-order valence-electron chi connectivity index (χ3n) is 11.8. The molecule has 0 aromatic heterocycles. The molecule has 278 valence electrons. The maximum Gasteiger partial charge on any atom is 0.151 e. The van der Waals surface area contributed by atoms with Gasteiger partial charge in [0.05, 0.1) is 46.0 Å². The minimum absolute atomic E-state index is 0.608. The smallest absolute Gasteiger partial charge is 0.151 e. The van der Waals surface area contributed by atoms with Crippen LogP contribution in [-0.2, 0) is 0 Å². The van der Waals surface area contributed by atoms with Crippen molar-refractivity contribution in [1.82, 2.24) is 0 Å². The van der Waals surface area contributed by atoms with Crippen LogP contribution in [-0.4, -0.2) is 0 Å². The van der Waals surface area contributed by atoms with Gasteiger partial charge >= 0.3 is 0 Å². The van der Waals surface area contributed by atoms with Crippen molar-refractivity contribution in [2.75, 3.05) is 9.80 Å². The molecule has 6 nitrogen and oxygen atoms in total. The summed E-state index contributed by atoms with van der Waals surface area (Å²) in [7, 11) is 0. The Hall–Kier alpha value is -8.58. The number of nitrogens with zero attached hydrogens (tertiary/aromatic N) is 4. The van der Waals surface area contributed by atoms with Gasteiger partial charge in [-0.1, -0.05) is 72.8 Å². The van der Waals surface area contributed by atoms with Gasteiger partial charge in [0.1, 0.15) is 0 Å². The fourth-order valence-corrected chi connectivity index (χ4v) is 9.12. The average Bonchev–Trinajstić information content (AvgIpc) is 3.31. The van der Waals surface area contributed by atoms with E-state index >= 15 is 0 Å². The Labute approximate surface area is 345 Å². The van der Waals surface area contributed by atoms with Gasteiger partial charge in [-0.25, -0.2) is 0 Å². The van der Waals surface area contributed by atoms with Crippen LogP contribution in [0.15, 0.2) is 182 Å². The van der Waals surface area contributed by atoms with Gasteiger partial charge in [-0.2, -0.15) is 10.5 Å². The summed E-state index contributed by atoms with van der Waals surface area (Å²) in [6.45, 7) is 0. The number of hydrogen-bond acceptors (Lipinski definition) is 6. The highest BCUT2D eigenvalue weighted by Crippen LogP contribution is 2.55. The largest absolute Gasteiger partial charge is 0.453 e. The Bertz CT molecular complexity index is 3150. The summed E-state index contributed by atoms with van der Waals surface area (Å²) in [6, 6.07) is 66.8. The lowest BCUT2D eigenvalue weighted by Crippen LogP contribution is -2.16. The molecule has 10 aromatic rings. The molecule has 0 N–H and O–H groups in total. The number of hydrogen-bond donors (Lipinski definition) is 0. The Morgan fingerprint density at radius 1 is 0.367 bits per heavy atom. The molecule has 6 heteroatoms. The minimum Gasteiger partial charge on any atom is -0.453 e. The number of anilines is 6. The summed E-state index contributed by atoms with van der Waals surface area (Å²) in [5, 5.41) is 26.2. The zero-order valence-electron chi connectivity index (χ0n) is 31.9. The molecule has 0 radical (unpaired) electrons. The Morgan fingerprint density at radius 2 is 0.700 bits per heavy atom. The van der Waals surface area contributed by atoms with Crippen LogP contribution < -0.4 is 19.3 Å². The van der Waals surface area contributed by atoms with Gasteiger partial charge in [-0.15, -0.1) is 0 Å². The van der Waals surface area contributed by atoms with E-state index in [-0.39, 0.29) is 0 Å². The highest BCUT2D eigenvalue weighted by molar-refractivity contribution is 6.30. The Balaban J connectivity index is 1.21.